The first-order valence-corrected chi connectivity index (χ1v) is 8.29. The average Bonchev–Trinajstić information content (AvgIpc) is 3.11. The van der Waals surface area contributed by atoms with Crippen LogP contribution in [0.15, 0.2) is 12.1 Å². The van der Waals surface area contributed by atoms with Crippen molar-refractivity contribution >= 4 is 11.6 Å². The number of nitrogens with zero attached hydrogens (tertiary/aromatic N) is 3. The molecule has 0 unspecified atom stereocenters. The zero-order valence-electron chi connectivity index (χ0n) is 13.3. The third kappa shape index (κ3) is 3.33. The molecule has 1 atom stereocenters. The molecule has 2 aliphatic rings. The highest BCUT2D eigenvalue weighted by molar-refractivity contribution is 5.93. The van der Waals surface area contributed by atoms with Gasteiger partial charge in [0.25, 0.3) is 5.91 Å². The van der Waals surface area contributed by atoms with Gasteiger partial charge in [-0.3, -0.25) is 4.79 Å². The van der Waals surface area contributed by atoms with E-state index in [-0.39, 0.29) is 23.4 Å². The molecule has 1 N–H and O–H groups in total. The second kappa shape index (κ2) is 5.98. The Hall–Kier alpha value is -2.16. The maximum atomic E-state index is 13.3. The number of rotatable bonds is 4. The summed E-state index contributed by atoms with van der Waals surface area (Å²) < 4.78 is 46.1. The van der Waals surface area contributed by atoms with Crippen molar-refractivity contribution in [3.8, 4) is 0 Å². The zero-order valence-corrected chi connectivity index (χ0v) is 13.3. The lowest BCUT2D eigenvalue weighted by Gasteiger charge is -2.10. The van der Waals surface area contributed by atoms with E-state index in [0.717, 1.165) is 31.7 Å². The second-order valence-corrected chi connectivity index (χ2v) is 6.48. The van der Waals surface area contributed by atoms with Crippen LogP contribution in [0.5, 0.6) is 0 Å². The van der Waals surface area contributed by atoms with Crippen molar-refractivity contribution in [2.24, 2.45) is 0 Å². The fourth-order valence-corrected chi connectivity index (χ4v) is 3.00. The van der Waals surface area contributed by atoms with Gasteiger partial charge in [-0.1, -0.05) is 0 Å². The second-order valence-electron chi connectivity index (χ2n) is 6.48. The molecule has 1 aliphatic heterocycles. The molecule has 2 aromatic heterocycles. The highest BCUT2D eigenvalue weighted by atomic mass is 19.4. The van der Waals surface area contributed by atoms with Crippen LogP contribution in [0.4, 0.5) is 13.2 Å². The summed E-state index contributed by atoms with van der Waals surface area (Å²) in [6.07, 6.45) is -1.14. The fraction of sp³-hybridized carbons (Fsp3) is 0.562. The number of carbonyl (C=O) groups excluding carboxylic acids is 1. The van der Waals surface area contributed by atoms with Gasteiger partial charge in [0.2, 0.25) is 0 Å². The normalized spacial score (nSPS) is 21.0. The molecule has 1 aliphatic carbocycles. The van der Waals surface area contributed by atoms with E-state index in [2.05, 4.69) is 15.4 Å². The SMILES string of the molecule is O=C(NC[C@@H]1CCCO1)c1cc2nc(C3CC3)cc(C(F)(F)F)n2n1. The van der Waals surface area contributed by atoms with E-state index < -0.39 is 17.8 Å². The highest BCUT2D eigenvalue weighted by Gasteiger charge is 2.37. The first-order valence-electron chi connectivity index (χ1n) is 8.29. The summed E-state index contributed by atoms with van der Waals surface area (Å²) in [5, 5.41) is 6.49. The van der Waals surface area contributed by atoms with E-state index in [9.17, 15) is 18.0 Å². The minimum absolute atomic E-state index is 0.0407. The van der Waals surface area contributed by atoms with E-state index >= 15 is 0 Å². The van der Waals surface area contributed by atoms with Crippen molar-refractivity contribution in [1.29, 1.82) is 0 Å². The molecule has 134 valence electrons. The number of amides is 1. The van der Waals surface area contributed by atoms with Gasteiger partial charge in [0.05, 0.1) is 6.10 Å². The van der Waals surface area contributed by atoms with Crippen molar-refractivity contribution in [2.45, 2.75) is 43.9 Å². The number of ether oxygens (including phenoxy) is 1. The van der Waals surface area contributed by atoms with Crippen LogP contribution in [0, 0.1) is 0 Å². The molecule has 1 amide bonds. The summed E-state index contributed by atoms with van der Waals surface area (Å²) >= 11 is 0. The number of halogens is 3. The Labute approximate surface area is 141 Å². The van der Waals surface area contributed by atoms with Gasteiger partial charge in [0.1, 0.15) is 5.69 Å². The van der Waals surface area contributed by atoms with Crippen LogP contribution in [-0.4, -0.2) is 39.8 Å². The standard InChI is InChI=1S/C16H17F3N4O2/c17-16(18,19)13-6-11(9-3-4-9)21-14-7-12(22-23(13)14)15(24)20-8-10-2-1-5-25-10/h6-7,9-10H,1-5,8H2,(H,20,24)/t10-/m0/s1. The molecule has 1 saturated heterocycles. The van der Waals surface area contributed by atoms with Gasteiger partial charge in [-0.05, 0) is 31.7 Å². The Morgan fingerprint density at radius 3 is 2.76 bits per heavy atom. The van der Waals surface area contributed by atoms with E-state index in [1.165, 1.54) is 6.07 Å². The van der Waals surface area contributed by atoms with Crippen molar-refractivity contribution in [3.63, 3.8) is 0 Å². The molecule has 0 bridgehead atoms. The quantitative estimate of drug-likeness (QED) is 0.916. The molecule has 25 heavy (non-hydrogen) atoms. The number of alkyl halides is 3. The van der Waals surface area contributed by atoms with Crippen LogP contribution in [0.1, 0.15) is 53.5 Å². The molecule has 9 heteroatoms. The molecule has 0 aromatic carbocycles. The Morgan fingerprint density at radius 2 is 2.12 bits per heavy atom. The summed E-state index contributed by atoms with van der Waals surface area (Å²) in [5.74, 6) is -0.458. The summed E-state index contributed by atoms with van der Waals surface area (Å²) in [7, 11) is 0. The van der Waals surface area contributed by atoms with Crippen LogP contribution in [0.2, 0.25) is 0 Å². The van der Waals surface area contributed by atoms with Crippen LogP contribution >= 0.6 is 0 Å². The van der Waals surface area contributed by atoms with Crippen molar-refractivity contribution in [3.05, 3.63) is 29.2 Å². The van der Waals surface area contributed by atoms with E-state index in [1.54, 1.807) is 0 Å². The predicted octanol–water partition coefficient (Wildman–Crippen LogP) is 2.53. The van der Waals surface area contributed by atoms with Gasteiger partial charge in [0.15, 0.2) is 11.3 Å². The lowest BCUT2D eigenvalue weighted by Crippen LogP contribution is -2.32. The smallest absolute Gasteiger partial charge is 0.376 e. The number of hydrogen-bond donors (Lipinski definition) is 1. The summed E-state index contributed by atoms with van der Waals surface area (Å²) in [5.41, 5.74) is -0.536. The number of hydrogen-bond acceptors (Lipinski definition) is 4. The van der Waals surface area contributed by atoms with E-state index in [1.807, 2.05) is 0 Å². The van der Waals surface area contributed by atoms with Gasteiger partial charge in [-0.15, -0.1) is 0 Å². The number of aromatic nitrogens is 3. The van der Waals surface area contributed by atoms with Crippen LogP contribution in [0.25, 0.3) is 5.65 Å². The molecule has 4 rings (SSSR count). The topological polar surface area (TPSA) is 68.5 Å². The van der Waals surface area contributed by atoms with Crippen molar-refractivity contribution < 1.29 is 22.7 Å². The molecular formula is C16H17F3N4O2. The van der Waals surface area contributed by atoms with E-state index in [0.29, 0.717) is 23.4 Å². The summed E-state index contributed by atoms with van der Waals surface area (Å²) in [6, 6.07) is 2.33. The van der Waals surface area contributed by atoms with Crippen molar-refractivity contribution in [1.82, 2.24) is 19.9 Å². The Morgan fingerprint density at radius 1 is 1.32 bits per heavy atom. The minimum atomic E-state index is -4.57. The van der Waals surface area contributed by atoms with Gasteiger partial charge in [-0.2, -0.15) is 18.3 Å². The molecule has 2 fully saturated rings. The first-order chi connectivity index (χ1) is 11.9. The zero-order chi connectivity index (χ0) is 17.6. The molecule has 0 spiro atoms. The maximum absolute atomic E-state index is 13.3. The van der Waals surface area contributed by atoms with Crippen molar-refractivity contribution in [2.75, 3.05) is 13.2 Å². The van der Waals surface area contributed by atoms with Gasteiger partial charge in [0, 0.05) is 30.8 Å². The van der Waals surface area contributed by atoms with E-state index in [4.69, 9.17) is 4.74 Å². The third-order valence-corrected chi connectivity index (χ3v) is 4.48. The number of carbonyl (C=O) groups is 1. The lowest BCUT2D eigenvalue weighted by molar-refractivity contribution is -0.142. The summed E-state index contributed by atoms with van der Waals surface area (Å²) in [4.78, 5) is 16.5. The highest BCUT2D eigenvalue weighted by Crippen LogP contribution is 2.41. The molecule has 6 nitrogen and oxygen atoms in total. The number of fused-ring (bicyclic) bond motifs is 1. The lowest BCUT2D eigenvalue weighted by atomic mass is 10.2. The van der Waals surface area contributed by atoms with Crippen LogP contribution < -0.4 is 5.32 Å². The predicted molar refractivity (Wildman–Crippen MR) is 81.3 cm³/mol. The van der Waals surface area contributed by atoms with Gasteiger partial charge >= 0.3 is 6.18 Å². The molecular weight excluding hydrogens is 337 g/mol. The van der Waals surface area contributed by atoms with Crippen LogP contribution in [0.3, 0.4) is 0 Å². The van der Waals surface area contributed by atoms with Crippen LogP contribution in [-0.2, 0) is 10.9 Å². The Balaban J connectivity index is 1.62. The molecule has 2 aromatic rings. The largest absolute Gasteiger partial charge is 0.433 e. The first kappa shape index (κ1) is 16.3. The number of nitrogens with one attached hydrogen (secondary N) is 1. The Bertz CT molecular complexity index is 808. The molecule has 0 radical (unpaired) electrons. The summed E-state index contributed by atoms with van der Waals surface area (Å²) in [6.45, 7) is 0.983. The van der Waals surface area contributed by atoms with Gasteiger partial charge < -0.3 is 10.1 Å². The molecule has 1 saturated carbocycles. The fourth-order valence-electron chi connectivity index (χ4n) is 3.00. The monoisotopic (exact) mass is 354 g/mol. The molecule has 3 heterocycles. The minimum Gasteiger partial charge on any atom is -0.376 e. The average molecular weight is 354 g/mol. The van der Waals surface area contributed by atoms with Gasteiger partial charge in [-0.25, -0.2) is 9.50 Å². The maximum Gasteiger partial charge on any atom is 0.433 e. The third-order valence-electron chi connectivity index (χ3n) is 4.48. The Kier molecular flexibility index (Phi) is 3.90.